The Morgan fingerprint density at radius 3 is 2.70 bits per heavy atom. The molecule has 8 nitrogen and oxygen atoms in total. The number of hydrogen-bond acceptors (Lipinski definition) is 6. The zero-order chi connectivity index (χ0) is 21.1. The molecule has 2 heterocycles. The summed E-state index contributed by atoms with van der Waals surface area (Å²) in [5, 5.41) is 17.4. The third-order valence-corrected chi connectivity index (χ3v) is 4.78. The Balaban J connectivity index is 1.63. The normalized spacial score (nSPS) is 11.0. The van der Waals surface area contributed by atoms with E-state index in [2.05, 4.69) is 20.4 Å². The summed E-state index contributed by atoms with van der Waals surface area (Å²) in [4.78, 5) is 20.9. The number of benzene rings is 2. The Hall–Kier alpha value is -3.78. The highest BCUT2D eigenvalue weighted by atomic mass is 16.3. The summed E-state index contributed by atoms with van der Waals surface area (Å²) in [5.74, 6) is 0.185. The van der Waals surface area contributed by atoms with Gasteiger partial charge < -0.3 is 16.2 Å². The summed E-state index contributed by atoms with van der Waals surface area (Å²) in [5.41, 5.74) is 10.5. The molecule has 8 heteroatoms. The topological polar surface area (TPSA) is 119 Å². The molecule has 0 aliphatic heterocycles. The number of fused-ring (bicyclic) bond motifs is 1. The molecular weight excluding hydrogens is 380 g/mol. The highest BCUT2D eigenvalue weighted by Crippen LogP contribution is 2.30. The maximum absolute atomic E-state index is 12.5. The van der Waals surface area contributed by atoms with Crippen LogP contribution in [0.3, 0.4) is 0 Å². The number of nitrogens with one attached hydrogen (secondary N) is 1. The minimum absolute atomic E-state index is 0.0621. The van der Waals surface area contributed by atoms with E-state index in [4.69, 9.17) is 10.8 Å². The average molecular weight is 402 g/mol. The van der Waals surface area contributed by atoms with Crippen LogP contribution in [0.2, 0.25) is 0 Å². The van der Waals surface area contributed by atoms with E-state index in [1.165, 1.54) is 6.33 Å². The second-order valence-corrected chi connectivity index (χ2v) is 7.01. The van der Waals surface area contributed by atoms with E-state index in [9.17, 15) is 4.79 Å². The van der Waals surface area contributed by atoms with Gasteiger partial charge in [-0.15, -0.1) is 0 Å². The molecule has 4 N–H and O–H groups in total. The minimum Gasteiger partial charge on any atom is -0.396 e. The van der Waals surface area contributed by atoms with Crippen molar-refractivity contribution in [3.63, 3.8) is 0 Å². The number of aliphatic hydroxyl groups is 1. The molecule has 4 rings (SSSR count). The molecule has 0 aliphatic carbocycles. The van der Waals surface area contributed by atoms with E-state index in [-0.39, 0.29) is 12.5 Å². The number of amides is 1. The summed E-state index contributed by atoms with van der Waals surface area (Å²) in [6.07, 6.45) is 1.96. The molecule has 0 radical (unpaired) electrons. The van der Waals surface area contributed by atoms with Gasteiger partial charge in [-0.3, -0.25) is 4.79 Å². The van der Waals surface area contributed by atoms with Crippen LogP contribution >= 0.6 is 0 Å². The Morgan fingerprint density at radius 1 is 1.17 bits per heavy atom. The maximum atomic E-state index is 12.5. The van der Waals surface area contributed by atoms with Crippen molar-refractivity contribution in [1.29, 1.82) is 0 Å². The first-order valence-electron chi connectivity index (χ1n) is 9.63. The zero-order valence-corrected chi connectivity index (χ0v) is 16.5. The van der Waals surface area contributed by atoms with Gasteiger partial charge in [0.25, 0.3) is 5.91 Å². The van der Waals surface area contributed by atoms with Crippen LogP contribution in [0.1, 0.15) is 22.3 Å². The third kappa shape index (κ3) is 3.85. The second-order valence-electron chi connectivity index (χ2n) is 7.01. The number of carbonyl (C=O) groups is 1. The van der Waals surface area contributed by atoms with Gasteiger partial charge in [-0.05, 0) is 37.6 Å². The zero-order valence-electron chi connectivity index (χ0n) is 16.5. The lowest BCUT2D eigenvalue weighted by Crippen LogP contribution is -2.11. The molecule has 2 aromatic heterocycles. The van der Waals surface area contributed by atoms with Crippen molar-refractivity contribution in [1.82, 2.24) is 19.7 Å². The lowest BCUT2D eigenvalue weighted by molar-refractivity contribution is 0.102. The lowest BCUT2D eigenvalue weighted by Gasteiger charge is -2.07. The molecule has 0 fully saturated rings. The number of anilines is 2. The molecule has 2 aromatic carbocycles. The fourth-order valence-corrected chi connectivity index (χ4v) is 3.31. The number of aromatic nitrogens is 4. The van der Waals surface area contributed by atoms with Crippen molar-refractivity contribution < 1.29 is 9.90 Å². The van der Waals surface area contributed by atoms with Gasteiger partial charge in [0.2, 0.25) is 0 Å². The van der Waals surface area contributed by atoms with E-state index in [1.807, 2.05) is 49.4 Å². The number of aryl methyl sites for hydroxylation is 2. The fraction of sp³-hybridized carbons (Fsp3) is 0.182. The van der Waals surface area contributed by atoms with E-state index in [0.717, 1.165) is 11.1 Å². The molecule has 0 saturated carbocycles. The van der Waals surface area contributed by atoms with Gasteiger partial charge in [0.05, 0.1) is 5.39 Å². The molecule has 0 atom stereocenters. The Kier molecular flexibility index (Phi) is 5.40. The lowest BCUT2D eigenvalue weighted by atomic mass is 10.1. The van der Waals surface area contributed by atoms with E-state index >= 15 is 0 Å². The fourth-order valence-electron chi connectivity index (χ4n) is 3.31. The second kappa shape index (κ2) is 8.30. The van der Waals surface area contributed by atoms with Crippen LogP contribution in [0.4, 0.5) is 11.5 Å². The number of carbonyl (C=O) groups excluding carboxylic acids is 1. The van der Waals surface area contributed by atoms with Crippen molar-refractivity contribution in [2.24, 2.45) is 0 Å². The predicted octanol–water partition coefficient (Wildman–Crippen LogP) is 3.02. The first-order chi connectivity index (χ1) is 14.6. The van der Waals surface area contributed by atoms with E-state index in [1.54, 1.807) is 10.7 Å². The monoisotopic (exact) mass is 402 g/mol. The van der Waals surface area contributed by atoms with Crippen molar-refractivity contribution >= 4 is 28.4 Å². The molecule has 152 valence electrons. The molecular formula is C22H22N6O2. The SMILES string of the molecule is Cc1cccc(C(=O)Nc2ccc(-c3nn(CCCO)c4ncnc(N)c34)cc2)c1. The first kappa shape index (κ1) is 19.5. The van der Waals surface area contributed by atoms with Crippen LogP contribution in [-0.2, 0) is 6.54 Å². The number of nitrogens with two attached hydrogens (primary N) is 1. The van der Waals surface area contributed by atoms with Crippen molar-refractivity contribution in [3.8, 4) is 11.3 Å². The predicted molar refractivity (Wildman–Crippen MR) is 116 cm³/mol. The van der Waals surface area contributed by atoms with E-state index < -0.39 is 0 Å². The molecule has 0 bridgehead atoms. The molecule has 0 unspecified atom stereocenters. The number of rotatable bonds is 6. The van der Waals surface area contributed by atoms with Crippen LogP contribution in [-0.4, -0.2) is 37.4 Å². The smallest absolute Gasteiger partial charge is 0.255 e. The van der Waals surface area contributed by atoms with Gasteiger partial charge in [-0.25, -0.2) is 14.6 Å². The minimum atomic E-state index is -0.164. The molecule has 1 amide bonds. The molecule has 0 aliphatic rings. The number of hydrogen-bond donors (Lipinski definition) is 3. The summed E-state index contributed by atoms with van der Waals surface area (Å²) in [7, 11) is 0. The number of nitrogen functional groups attached to an aromatic ring is 1. The van der Waals surface area contributed by atoms with Crippen molar-refractivity contribution in [2.75, 3.05) is 17.7 Å². The third-order valence-electron chi connectivity index (χ3n) is 4.78. The average Bonchev–Trinajstić information content (AvgIpc) is 3.13. The van der Waals surface area contributed by atoms with E-state index in [0.29, 0.717) is 46.8 Å². The molecule has 0 saturated heterocycles. The molecule has 4 aromatic rings. The molecule has 30 heavy (non-hydrogen) atoms. The van der Waals surface area contributed by atoms with Gasteiger partial charge >= 0.3 is 0 Å². The Labute approximate surface area is 173 Å². The highest BCUT2D eigenvalue weighted by molar-refractivity contribution is 6.04. The quantitative estimate of drug-likeness (QED) is 0.456. The van der Waals surface area contributed by atoms with Crippen LogP contribution in [0.15, 0.2) is 54.9 Å². The van der Waals surface area contributed by atoms with Crippen LogP contribution < -0.4 is 11.1 Å². The van der Waals surface area contributed by atoms with Gasteiger partial charge in [0.1, 0.15) is 17.8 Å². The summed E-state index contributed by atoms with van der Waals surface area (Å²) < 4.78 is 1.73. The van der Waals surface area contributed by atoms with Gasteiger partial charge in [0.15, 0.2) is 5.65 Å². The first-order valence-corrected chi connectivity index (χ1v) is 9.63. The molecule has 0 spiro atoms. The summed E-state index contributed by atoms with van der Waals surface area (Å²) in [6.45, 7) is 2.53. The van der Waals surface area contributed by atoms with Gasteiger partial charge in [-0.2, -0.15) is 5.10 Å². The maximum Gasteiger partial charge on any atom is 0.255 e. The van der Waals surface area contributed by atoms with Crippen molar-refractivity contribution in [2.45, 2.75) is 19.9 Å². The highest BCUT2D eigenvalue weighted by Gasteiger charge is 2.17. The van der Waals surface area contributed by atoms with Gasteiger partial charge in [-0.1, -0.05) is 29.8 Å². The Bertz CT molecular complexity index is 1200. The number of aliphatic hydroxyl groups excluding tert-OH is 1. The summed E-state index contributed by atoms with van der Waals surface area (Å²) >= 11 is 0. The largest absolute Gasteiger partial charge is 0.396 e. The van der Waals surface area contributed by atoms with Gasteiger partial charge in [0, 0.05) is 30.0 Å². The van der Waals surface area contributed by atoms with Crippen LogP contribution in [0.25, 0.3) is 22.3 Å². The standard InChI is InChI=1S/C22H22N6O2/c1-14-4-2-5-16(12-14)22(30)26-17-8-6-15(7-9-17)19-18-20(23)24-13-25-21(18)28(27-19)10-3-11-29/h2,4-9,12-13,29H,3,10-11H2,1H3,(H,26,30)(H2,23,24,25). The van der Waals surface area contributed by atoms with Crippen LogP contribution in [0, 0.1) is 6.92 Å². The van der Waals surface area contributed by atoms with Crippen LogP contribution in [0.5, 0.6) is 0 Å². The Morgan fingerprint density at radius 2 is 1.97 bits per heavy atom. The van der Waals surface area contributed by atoms with Crippen molar-refractivity contribution in [3.05, 3.63) is 66.0 Å². The number of nitrogens with zero attached hydrogens (tertiary/aromatic N) is 4. The summed E-state index contributed by atoms with van der Waals surface area (Å²) in [6, 6.07) is 14.8.